The molecule has 0 fully saturated rings. The van der Waals surface area contributed by atoms with E-state index in [0.29, 0.717) is 26.9 Å². The smallest absolute Gasteiger partial charge is 0.257 e. The molecule has 1 aromatic carbocycles. The van der Waals surface area contributed by atoms with Crippen LogP contribution >= 0.6 is 23.2 Å². The lowest BCUT2D eigenvalue weighted by molar-refractivity contribution is 0.102. The van der Waals surface area contributed by atoms with Gasteiger partial charge in [-0.1, -0.05) is 35.0 Å². The summed E-state index contributed by atoms with van der Waals surface area (Å²) in [5, 5.41) is 3.60. The quantitative estimate of drug-likeness (QED) is 0.836. The summed E-state index contributed by atoms with van der Waals surface area (Å²) in [7, 11) is 0. The molecule has 0 saturated heterocycles. The van der Waals surface area contributed by atoms with Crippen molar-refractivity contribution < 1.29 is 4.79 Å². The number of halogens is 2. The van der Waals surface area contributed by atoms with Crippen LogP contribution in [-0.4, -0.2) is 17.4 Å². The number of nitrogens with two attached hydrogens (primary N) is 1. The summed E-state index contributed by atoms with van der Waals surface area (Å²) in [4.78, 5) is 16.2. The fourth-order valence-electron chi connectivity index (χ4n) is 1.66. The Morgan fingerprint density at radius 1 is 1.29 bits per heavy atom. The molecule has 0 radical (unpaired) electrons. The first kappa shape index (κ1) is 15.3. The summed E-state index contributed by atoms with van der Waals surface area (Å²) < 4.78 is 0. The highest BCUT2D eigenvalue weighted by Gasteiger charge is 2.11. The van der Waals surface area contributed by atoms with Gasteiger partial charge in [0.2, 0.25) is 0 Å². The molecule has 0 bridgehead atoms. The molecule has 1 heterocycles. The molecule has 2 aromatic rings. The number of anilines is 1. The van der Waals surface area contributed by atoms with Crippen LogP contribution in [0.25, 0.3) is 0 Å². The van der Waals surface area contributed by atoms with Gasteiger partial charge < -0.3 is 11.1 Å². The third kappa shape index (κ3) is 4.20. The van der Waals surface area contributed by atoms with Gasteiger partial charge in [-0.2, -0.15) is 0 Å². The van der Waals surface area contributed by atoms with E-state index >= 15 is 0 Å². The normalized spacial score (nSPS) is 9.67. The van der Waals surface area contributed by atoms with Gasteiger partial charge in [0, 0.05) is 28.1 Å². The predicted molar refractivity (Wildman–Crippen MR) is 84.6 cm³/mol. The van der Waals surface area contributed by atoms with E-state index in [1.54, 1.807) is 24.3 Å². The Morgan fingerprint density at radius 3 is 2.67 bits per heavy atom. The van der Waals surface area contributed by atoms with Crippen molar-refractivity contribution in [3.8, 4) is 11.8 Å². The van der Waals surface area contributed by atoms with Crippen LogP contribution in [-0.2, 0) is 0 Å². The van der Waals surface area contributed by atoms with E-state index in [1.807, 2.05) is 0 Å². The lowest BCUT2D eigenvalue weighted by atomic mass is 10.1. The average Bonchev–Trinajstić information content (AvgIpc) is 2.44. The minimum absolute atomic E-state index is 0.208. The molecule has 1 aromatic heterocycles. The van der Waals surface area contributed by atoms with Gasteiger partial charge in [0.05, 0.1) is 17.7 Å². The van der Waals surface area contributed by atoms with Crippen molar-refractivity contribution in [3.05, 3.63) is 57.8 Å². The van der Waals surface area contributed by atoms with Crippen LogP contribution in [0.15, 0.2) is 36.7 Å². The van der Waals surface area contributed by atoms with Gasteiger partial charge in [-0.05, 0) is 24.3 Å². The second-order valence-electron chi connectivity index (χ2n) is 4.04. The summed E-state index contributed by atoms with van der Waals surface area (Å²) in [6.07, 6.45) is 3.04. The molecule has 106 valence electrons. The van der Waals surface area contributed by atoms with Gasteiger partial charge in [0.25, 0.3) is 5.91 Å². The predicted octanol–water partition coefficient (Wildman–Crippen LogP) is 2.95. The minimum Gasteiger partial charge on any atom is -0.322 e. The largest absolute Gasteiger partial charge is 0.322 e. The fourth-order valence-corrected chi connectivity index (χ4v) is 2.19. The number of nitrogens with zero attached hydrogens (tertiary/aromatic N) is 1. The molecule has 3 N–H and O–H groups in total. The molecule has 2 rings (SSSR count). The first-order valence-corrected chi connectivity index (χ1v) is 6.76. The molecule has 6 heteroatoms. The maximum atomic E-state index is 12.3. The van der Waals surface area contributed by atoms with E-state index in [9.17, 15) is 4.79 Å². The number of amides is 1. The zero-order chi connectivity index (χ0) is 15.2. The van der Waals surface area contributed by atoms with E-state index in [0.717, 1.165) is 0 Å². The third-order valence-corrected chi connectivity index (χ3v) is 2.95. The Hall–Kier alpha value is -2.06. The third-order valence-electron chi connectivity index (χ3n) is 2.51. The molecule has 4 nitrogen and oxygen atoms in total. The number of carbonyl (C=O) groups is 1. The van der Waals surface area contributed by atoms with E-state index in [2.05, 4.69) is 22.1 Å². The van der Waals surface area contributed by atoms with Crippen molar-refractivity contribution in [2.75, 3.05) is 11.9 Å². The summed E-state index contributed by atoms with van der Waals surface area (Å²) in [5.74, 6) is 5.19. The van der Waals surface area contributed by atoms with Crippen molar-refractivity contribution in [1.82, 2.24) is 4.98 Å². The van der Waals surface area contributed by atoms with Crippen molar-refractivity contribution >= 4 is 34.8 Å². The van der Waals surface area contributed by atoms with E-state index in [1.165, 1.54) is 12.4 Å². The van der Waals surface area contributed by atoms with Crippen molar-refractivity contribution in [3.63, 3.8) is 0 Å². The minimum atomic E-state index is -0.322. The van der Waals surface area contributed by atoms with Crippen LogP contribution < -0.4 is 11.1 Å². The molecular weight excluding hydrogens is 309 g/mol. The zero-order valence-corrected chi connectivity index (χ0v) is 12.4. The van der Waals surface area contributed by atoms with Crippen LogP contribution in [0, 0.1) is 11.8 Å². The highest BCUT2D eigenvalue weighted by Crippen LogP contribution is 2.23. The molecule has 0 aliphatic carbocycles. The maximum absolute atomic E-state index is 12.3. The van der Waals surface area contributed by atoms with Crippen LogP contribution in [0.3, 0.4) is 0 Å². The molecule has 0 aliphatic heterocycles. The number of aromatic nitrogens is 1. The van der Waals surface area contributed by atoms with Gasteiger partial charge >= 0.3 is 0 Å². The van der Waals surface area contributed by atoms with Gasteiger partial charge in [0.15, 0.2) is 0 Å². The molecule has 0 aliphatic rings. The van der Waals surface area contributed by atoms with Gasteiger partial charge in [-0.25, -0.2) is 0 Å². The van der Waals surface area contributed by atoms with Crippen LogP contribution in [0.1, 0.15) is 15.9 Å². The molecule has 1 amide bonds. The van der Waals surface area contributed by atoms with Crippen molar-refractivity contribution in [2.24, 2.45) is 5.73 Å². The lowest BCUT2D eigenvalue weighted by Crippen LogP contribution is -2.13. The standard InChI is InChI=1S/C15H11Cl2N3O/c16-11-6-12(17)8-13(7-11)20-15(21)14-3-5-19-9-10(14)2-1-4-18/h3,5-9H,4,18H2,(H,20,21). The second-order valence-corrected chi connectivity index (χ2v) is 4.91. The monoisotopic (exact) mass is 319 g/mol. The van der Waals surface area contributed by atoms with Crippen LogP contribution in [0.4, 0.5) is 5.69 Å². The summed E-state index contributed by atoms with van der Waals surface area (Å²) in [6, 6.07) is 6.39. The van der Waals surface area contributed by atoms with Crippen LogP contribution in [0.2, 0.25) is 10.0 Å². The Balaban J connectivity index is 2.28. The van der Waals surface area contributed by atoms with Gasteiger partial charge in [-0.15, -0.1) is 0 Å². The number of carbonyl (C=O) groups excluding carboxylic acids is 1. The Morgan fingerprint density at radius 2 is 2.00 bits per heavy atom. The average molecular weight is 320 g/mol. The maximum Gasteiger partial charge on any atom is 0.257 e. The first-order valence-electron chi connectivity index (χ1n) is 6.00. The topological polar surface area (TPSA) is 68.0 Å². The molecule has 0 atom stereocenters. The number of nitrogens with one attached hydrogen (secondary N) is 1. The Kier molecular flexibility index (Phi) is 5.18. The van der Waals surface area contributed by atoms with E-state index in [-0.39, 0.29) is 12.5 Å². The molecule has 0 spiro atoms. The van der Waals surface area contributed by atoms with E-state index < -0.39 is 0 Å². The summed E-state index contributed by atoms with van der Waals surface area (Å²) in [5.41, 5.74) is 6.75. The second kappa shape index (κ2) is 7.09. The van der Waals surface area contributed by atoms with Crippen molar-refractivity contribution in [2.45, 2.75) is 0 Å². The number of rotatable bonds is 2. The first-order chi connectivity index (χ1) is 10.1. The SMILES string of the molecule is NCC#Cc1cnccc1C(=O)Nc1cc(Cl)cc(Cl)c1. The molecular formula is C15H11Cl2N3O. The molecule has 0 unspecified atom stereocenters. The van der Waals surface area contributed by atoms with Gasteiger partial charge in [0.1, 0.15) is 0 Å². The van der Waals surface area contributed by atoms with E-state index in [4.69, 9.17) is 28.9 Å². The highest BCUT2D eigenvalue weighted by atomic mass is 35.5. The molecule has 0 saturated carbocycles. The van der Waals surface area contributed by atoms with Crippen molar-refractivity contribution in [1.29, 1.82) is 0 Å². The fraction of sp³-hybridized carbons (Fsp3) is 0.0667. The Labute approximate surface area is 132 Å². The summed E-state index contributed by atoms with van der Waals surface area (Å²) >= 11 is 11.8. The van der Waals surface area contributed by atoms with Crippen LogP contribution in [0.5, 0.6) is 0 Å². The number of benzene rings is 1. The lowest BCUT2D eigenvalue weighted by Gasteiger charge is -2.07. The highest BCUT2D eigenvalue weighted by molar-refractivity contribution is 6.35. The van der Waals surface area contributed by atoms with Gasteiger partial charge in [-0.3, -0.25) is 9.78 Å². The number of hydrogen-bond acceptors (Lipinski definition) is 3. The Bertz CT molecular complexity index is 715. The number of pyridine rings is 1. The summed E-state index contributed by atoms with van der Waals surface area (Å²) in [6.45, 7) is 0.208. The number of hydrogen-bond donors (Lipinski definition) is 2. The zero-order valence-electron chi connectivity index (χ0n) is 10.9. The molecule has 21 heavy (non-hydrogen) atoms.